The van der Waals surface area contributed by atoms with Gasteiger partial charge in [0.05, 0.1) is 34.7 Å². The largest absolute Gasteiger partial charge is 0.433 e. The number of alkyl halides is 3. The van der Waals surface area contributed by atoms with Crippen LogP contribution in [0.25, 0.3) is 10.9 Å². The molecule has 1 aromatic carbocycles. The summed E-state index contributed by atoms with van der Waals surface area (Å²) in [6.45, 7) is 2.09. The van der Waals surface area contributed by atoms with Gasteiger partial charge >= 0.3 is 6.18 Å². The van der Waals surface area contributed by atoms with Gasteiger partial charge in [-0.15, -0.1) is 0 Å². The predicted molar refractivity (Wildman–Crippen MR) is 112 cm³/mol. The van der Waals surface area contributed by atoms with Crippen molar-refractivity contribution in [2.45, 2.75) is 19.6 Å². The second kappa shape index (κ2) is 7.80. The van der Waals surface area contributed by atoms with Crippen molar-refractivity contribution in [3.63, 3.8) is 0 Å². The number of amides is 1. The zero-order valence-electron chi connectivity index (χ0n) is 16.4. The summed E-state index contributed by atoms with van der Waals surface area (Å²) in [6, 6.07) is 7.17. The molecular formula is C20H16BrF3N6O. The van der Waals surface area contributed by atoms with E-state index in [1.54, 1.807) is 47.9 Å². The number of halogens is 4. The summed E-state index contributed by atoms with van der Waals surface area (Å²) in [6.07, 6.45) is -1.26. The van der Waals surface area contributed by atoms with Crippen LogP contribution in [0.1, 0.15) is 27.4 Å². The van der Waals surface area contributed by atoms with Gasteiger partial charge in [0.2, 0.25) is 0 Å². The minimum atomic E-state index is -4.68. The Morgan fingerprint density at radius 2 is 1.97 bits per heavy atom. The molecule has 11 heteroatoms. The Bertz CT molecular complexity index is 1290. The fraction of sp³-hybridized carbons (Fsp3) is 0.200. The molecule has 31 heavy (non-hydrogen) atoms. The first kappa shape index (κ1) is 21.0. The highest BCUT2D eigenvalue weighted by atomic mass is 79.9. The SMILES string of the molecule is Cc1nn(Cc2ccn(C)n2)cc1NC(=O)c1cc(C(F)(F)F)nc2ccc(Br)cc12. The molecule has 0 bridgehead atoms. The van der Waals surface area contributed by atoms with Crippen molar-refractivity contribution >= 4 is 38.4 Å². The normalized spacial score (nSPS) is 11.8. The molecule has 7 nitrogen and oxygen atoms in total. The van der Waals surface area contributed by atoms with Gasteiger partial charge in [-0.3, -0.25) is 14.2 Å². The molecular weight excluding hydrogens is 477 g/mol. The fourth-order valence-electron chi connectivity index (χ4n) is 3.16. The Labute approximate surface area is 183 Å². The number of benzene rings is 1. The van der Waals surface area contributed by atoms with E-state index in [0.717, 1.165) is 11.8 Å². The van der Waals surface area contributed by atoms with Gasteiger partial charge in [0.1, 0.15) is 5.69 Å². The fourth-order valence-corrected chi connectivity index (χ4v) is 3.52. The van der Waals surface area contributed by atoms with Gasteiger partial charge in [0.25, 0.3) is 5.91 Å². The van der Waals surface area contributed by atoms with Crippen LogP contribution in [0.2, 0.25) is 0 Å². The van der Waals surface area contributed by atoms with Crippen LogP contribution in [0.15, 0.2) is 47.2 Å². The van der Waals surface area contributed by atoms with Gasteiger partial charge in [0, 0.05) is 29.3 Å². The van der Waals surface area contributed by atoms with E-state index in [2.05, 4.69) is 36.4 Å². The number of pyridine rings is 1. The quantitative estimate of drug-likeness (QED) is 0.453. The Morgan fingerprint density at radius 3 is 2.65 bits per heavy atom. The minimum absolute atomic E-state index is 0.0748. The van der Waals surface area contributed by atoms with Crippen LogP contribution in [-0.4, -0.2) is 30.5 Å². The monoisotopic (exact) mass is 492 g/mol. The van der Waals surface area contributed by atoms with Gasteiger partial charge in [-0.25, -0.2) is 4.98 Å². The summed E-state index contributed by atoms with van der Waals surface area (Å²) < 4.78 is 43.8. The average Bonchev–Trinajstić information content (AvgIpc) is 3.25. The van der Waals surface area contributed by atoms with Crippen LogP contribution in [0.4, 0.5) is 18.9 Å². The van der Waals surface area contributed by atoms with Crippen molar-refractivity contribution in [1.82, 2.24) is 24.5 Å². The summed E-state index contributed by atoms with van der Waals surface area (Å²) in [5.74, 6) is -0.684. The third-order valence-electron chi connectivity index (χ3n) is 4.59. The highest BCUT2D eigenvalue weighted by Gasteiger charge is 2.34. The lowest BCUT2D eigenvalue weighted by molar-refractivity contribution is -0.140. The number of anilines is 1. The Hall–Kier alpha value is -3.21. The molecule has 0 aliphatic heterocycles. The summed E-state index contributed by atoms with van der Waals surface area (Å²) in [5, 5.41) is 11.6. The van der Waals surface area contributed by atoms with Crippen molar-refractivity contribution < 1.29 is 18.0 Å². The van der Waals surface area contributed by atoms with E-state index in [1.807, 2.05) is 6.07 Å². The first-order valence-electron chi connectivity index (χ1n) is 9.11. The molecule has 0 saturated heterocycles. The molecule has 0 fully saturated rings. The predicted octanol–water partition coefficient (Wildman–Crippen LogP) is 4.56. The van der Waals surface area contributed by atoms with E-state index < -0.39 is 17.8 Å². The first-order chi connectivity index (χ1) is 14.6. The maximum atomic E-state index is 13.3. The second-order valence-corrected chi connectivity index (χ2v) is 7.89. The van der Waals surface area contributed by atoms with Gasteiger partial charge in [0.15, 0.2) is 0 Å². The van der Waals surface area contributed by atoms with Crippen molar-refractivity contribution in [3.8, 4) is 0 Å². The van der Waals surface area contributed by atoms with Crippen LogP contribution in [0, 0.1) is 6.92 Å². The van der Waals surface area contributed by atoms with Crippen LogP contribution in [0.5, 0.6) is 0 Å². The van der Waals surface area contributed by atoms with Crippen LogP contribution in [-0.2, 0) is 19.8 Å². The summed E-state index contributed by atoms with van der Waals surface area (Å²) >= 11 is 3.29. The minimum Gasteiger partial charge on any atom is -0.319 e. The topological polar surface area (TPSA) is 77.6 Å². The number of carbonyl (C=O) groups is 1. The van der Waals surface area contributed by atoms with E-state index in [4.69, 9.17) is 0 Å². The molecule has 0 saturated carbocycles. The van der Waals surface area contributed by atoms with E-state index >= 15 is 0 Å². The third-order valence-corrected chi connectivity index (χ3v) is 5.09. The maximum absolute atomic E-state index is 13.3. The van der Waals surface area contributed by atoms with Gasteiger partial charge in [-0.05, 0) is 37.3 Å². The molecule has 3 aromatic heterocycles. The molecule has 0 radical (unpaired) electrons. The number of fused-ring (bicyclic) bond motifs is 1. The molecule has 0 aliphatic rings. The summed E-state index contributed by atoms with van der Waals surface area (Å²) in [5.41, 5.74) is 0.522. The molecule has 0 atom stereocenters. The summed E-state index contributed by atoms with van der Waals surface area (Å²) in [4.78, 5) is 16.6. The number of aryl methyl sites for hydroxylation is 2. The third kappa shape index (κ3) is 4.46. The van der Waals surface area contributed by atoms with Crippen LogP contribution >= 0.6 is 15.9 Å². The number of rotatable bonds is 4. The molecule has 0 spiro atoms. The molecule has 160 valence electrons. The Kier molecular flexibility index (Phi) is 5.29. The van der Waals surface area contributed by atoms with E-state index in [0.29, 0.717) is 27.8 Å². The highest BCUT2D eigenvalue weighted by molar-refractivity contribution is 9.10. The lowest BCUT2D eigenvalue weighted by Gasteiger charge is -2.12. The standard InChI is InChI=1S/C20H16BrF3N6O/c1-11-17(10-30(27-11)9-13-5-6-29(2)28-13)26-19(31)15-8-18(20(22,23)24)25-16-4-3-12(21)7-14(15)16/h3-8,10H,9H2,1-2H3,(H,26,31). The maximum Gasteiger partial charge on any atom is 0.433 e. The van der Waals surface area contributed by atoms with Crippen molar-refractivity contribution in [3.05, 3.63) is 69.8 Å². The molecule has 3 heterocycles. The lowest BCUT2D eigenvalue weighted by Crippen LogP contribution is -2.16. The Balaban J connectivity index is 1.68. The number of nitrogens with one attached hydrogen (secondary N) is 1. The number of nitrogens with zero attached hydrogens (tertiary/aromatic N) is 5. The van der Waals surface area contributed by atoms with Gasteiger partial charge < -0.3 is 5.32 Å². The average molecular weight is 493 g/mol. The van der Waals surface area contributed by atoms with Crippen molar-refractivity contribution in [1.29, 1.82) is 0 Å². The highest BCUT2D eigenvalue weighted by Crippen LogP contribution is 2.32. The van der Waals surface area contributed by atoms with E-state index in [1.165, 1.54) is 6.07 Å². The van der Waals surface area contributed by atoms with Gasteiger partial charge in [-0.1, -0.05) is 15.9 Å². The molecule has 4 rings (SSSR count). The molecule has 4 aromatic rings. The van der Waals surface area contributed by atoms with Crippen LogP contribution < -0.4 is 5.32 Å². The zero-order valence-corrected chi connectivity index (χ0v) is 18.0. The molecule has 0 aliphatic carbocycles. The van der Waals surface area contributed by atoms with E-state index in [-0.39, 0.29) is 11.1 Å². The van der Waals surface area contributed by atoms with Crippen molar-refractivity contribution in [2.75, 3.05) is 5.32 Å². The number of aromatic nitrogens is 5. The first-order valence-corrected chi connectivity index (χ1v) is 9.91. The van der Waals surface area contributed by atoms with E-state index in [9.17, 15) is 18.0 Å². The number of carbonyl (C=O) groups excluding carboxylic acids is 1. The smallest absolute Gasteiger partial charge is 0.319 e. The lowest BCUT2D eigenvalue weighted by atomic mass is 10.1. The number of hydrogen-bond acceptors (Lipinski definition) is 4. The Morgan fingerprint density at radius 1 is 1.19 bits per heavy atom. The molecule has 0 unspecified atom stereocenters. The summed E-state index contributed by atoms with van der Waals surface area (Å²) in [7, 11) is 1.80. The zero-order chi connectivity index (χ0) is 22.3. The molecule has 1 amide bonds. The van der Waals surface area contributed by atoms with Crippen LogP contribution in [0.3, 0.4) is 0 Å². The second-order valence-electron chi connectivity index (χ2n) is 6.97. The molecule has 1 N–H and O–H groups in total. The number of hydrogen-bond donors (Lipinski definition) is 1. The van der Waals surface area contributed by atoms with Gasteiger partial charge in [-0.2, -0.15) is 23.4 Å². The van der Waals surface area contributed by atoms with Crippen molar-refractivity contribution in [2.24, 2.45) is 7.05 Å².